The van der Waals surface area contributed by atoms with Crippen molar-refractivity contribution in [1.82, 2.24) is 0 Å². The quantitative estimate of drug-likeness (QED) is 0.750. The van der Waals surface area contributed by atoms with E-state index in [0.717, 1.165) is 38.2 Å². The Balaban J connectivity index is 2.45. The SMILES string of the molecule is NC1(c2cc(F)cc(F)c2Cl)CCCCC1. The lowest BCUT2D eigenvalue weighted by Gasteiger charge is -2.34. The Bertz CT molecular complexity index is 400. The summed E-state index contributed by atoms with van der Waals surface area (Å²) in [4.78, 5) is 0. The van der Waals surface area contributed by atoms with E-state index >= 15 is 0 Å². The normalized spacial score (nSPS) is 19.8. The first-order valence-corrected chi connectivity index (χ1v) is 5.85. The van der Waals surface area contributed by atoms with E-state index in [2.05, 4.69) is 0 Å². The molecule has 0 bridgehead atoms. The van der Waals surface area contributed by atoms with Gasteiger partial charge >= 0.3 is 0 Å². The van der Waals surface area contributed by atoms with Crippen molar-refractivity contribution in [2.45, 2.75) is 37.6 Å². The standard InChI is InChI=1S/C12H14ClF2N/c13-11-9(6-8(14)7-10(11)15)12(16)4-2-1-3-5-12/h6-7H,1-5,16H2. The van der Waals surface area contributed by atoms with E-state index in [1.807, 2.05) is 0 Å². The van der Waals surface area contributed by atoms with Crippen molar-refractivity contribution >= 4 is 11.6 Å². The summed E-state index contributed by atoms with van der Waals surface area (Å²) in [5.74, 6) is -1.35. The van der Waals surface area contributed by atoms with Crippen molar-refractivity contribution in [2.75, 3.05) is 0 Å². The summed E-state index contributed by atoms with van der Waals surface area (Å²) in [6.07, 6.45) is 4.54. The molecule has 1 aliphatic rings. The first-order valence-electron chi connectivity index (χ1n) is 5.47. The van der Waals surface area contributed by atoms with E-state index in [0.29, 0.717) is 5.56 Å². The molecular formula is C12H14ClF2N. The van der Waals surface area contributed by atoms with Gasteiger partial charge in [-0.05, 0) is 24.5 Å². The highest BCUT2D eigenvalue weighted by Crippen LogP contribution is 2.39. The molecule has 16 heavy (non-hydrogen) atoms. The lowest BCUT2D eigenvalue weighted by molar-refractivity contribution is 0.300. The van der Waals surface area contributed by atoms with Crippen molar-refractivity contribution in [3.63, 3.8) is 0 Å². The molecule has 0 atom stereocenters. The third-order valence-corrected chi connectivity index (χ3v) is 3.66. The van der Waals surface area contributed by atoms with Crippen LogP contribution in [0.5, 0.6) is 0 Å². The number of benzene rings is 1. The van der Waals surface area contributed by atoms with E-state index in [1.54, 1.807) is 0 Å². The second-order valence-corrected chi connectivity index (χ2v) is 4.84. The van der Waals surface area contributed by atoms with Crippen LogP contribution in [0.1, 0.15) is 37.7 Å². The fourth-order valence-corrected chi connectivity index (χ4v) is 2.67. The predicted molar refractivity (Wildman–Crippen MR) is 60.3 cm³/mol. The second-order valence-electron chi connectivity index (χ2n) is 4.47. The molecule has 1 aliphatic carbocycles. The molecule has 88 valence electrons. The molecule has 2 N–H and O–H groups in total. The molecule has 0 heterocycles. The number of nitrogens with two attached hydrogens (primary N) is 1. The third kappa shape index (κ3) is 2.06. The fourth-order valence-electron chi connectivity index (χ4n) is 2.37. The molecule has 0 radical (unpaired) electrons. The lowest BCUT2D eigenvalue weighted by atomic mass is 9.77. The minimum absolute atomic E-state index is 0.0363. The summed E-state index contributed by atoms with van der Waals surface area (Å²) in [6, 6.07) is 2.05. The molecule has 1 aromatic rings. The Hall–Kier alpha value is -0.670. The Morgan fingerprint density at radius 2 is 1.75 bits per heavy atom. The highest BCUT2D eigenvalue weighted by molar-refractivity contribution is 6.31. The molecule has 0 aromatic heterocycles. The third-order valence-electron chi connectivity index (χ3n) is 3.28. The van der Waals surface area contributed by atoms with Gasteiger partial charge in [-0.25, -0.2) is 8.78 Å². The van der Waals surface area contributed by atoms with Gasteiger partial charge in [0.2, 0.25) is 0 Å². The maximum absolute atomic E-state index is 13.3. The molecule has 0 unspecified atom stereocenters. The van der Waals surface area contributed by atoms with Gasteiger partial charge in [-0.3, -0.25) is 0 Å². The van der Waals surface area contributed by atoms with Gasteiger partial charge in [-0.15, -0.1) is 0 Å². The fraction of sp³-hybridized carbons (Fsp3) is 0.500. The van der Waals surface area contributed by atoms with E-state index in [-0.39, 0.29) is 5.02 Å². The zero-order valence-electron chi connectivity index (χ0n) is 8.90. The van der Waals surface area contributed by atoms with Crippen molar-refractivity contribution in [3.05, 3.63) is 34.4 Å². The monoisotopic (exact) mass is 245 g/mol. The molecule has 0 spiro atoms. The molecule has 1 fully saturated rings. The van der Waals surface area contributed by atoms with E-state index in [1.165, 1.54) is 6.07 Å². The average molecular weight is 246 g/mol. The van der Waals surface area contributed by atoms with Gasteiger partial charge in [-0.2, -0.15) is 0 Å². The second kappa shape index (κ2) is 4.30. The van der Waals surface area contributed by atoms with Gasteiger partial charge in [0, 0.05) is 11.6 Å². The number of hydrogen-bond donors (Lipinski definition) is 1. The van der Waals surface area contributed by atoms with Crippen LogP contribution in [0, 0.1) is 11.6 Å². The van der Waals surface area contributed by atoms with Crippen molar-refractivity contribution in [2.24, 2.45) is 5.73 Å². The Kier molecular flexibility index (Phi) is 3.17. The van der Waals surface area contributed by atoms with Crippen LogP contribution in [-0.4, -0.2) is 0 Å². The van der Waals surface area contributed by atoms with Crippen LogP contribution >= 0.6 is 11.6 Å². The highest BCUT2D eigenvalue weighted by atomic mass is 35.5. The van der Waals surface area contributed by atoms with Crippen molar-refractivity contribution in [3.8, 4) is 0 Å². The van der Waals surface area contributed by atoms with Crippen LogP contribution in [0.3, 0.4) is 0 Å². The first-order chi connectivity index (χ1) is 7.53. The Morgan fingerprint density at radius 1 is 1.12 bits per heavy atom. The van der Waals surface area contributed by atoms with Crippen LogP contribution in [0.4, 0.5) is 8.78 Å². The predicted octanol–water partition coefficient (Wildman–Crippen LogP) is 3.74. The summed E-state index contributed by atoms with van der Waals surface area (Å²) in [5, 5.41) is -0.0363. The van der Waals surface area contributed by atoms with Gasteiger partial charge in [0.15, 0.2) is 0 Å². The summed E-state index contributed by atoms with van der Waals surface area (Å²) in [5.41, 5.74) is 5.94. The van der Waals surface area contributed by atoms with Crippen LogP contribution in [0.15, 0.2) is 12.1 Å². The smallest absolute Gasteiger partial charge is 0.145 e. The van der Waals surface area contributed by atoms with Crippen molar-refractivity contribution < 1.29 is 8.78 Å². The van der Waals surface area contributed by atoms with Crippen LogP contribution in [0.25, 0.3) is 0 Å². The zero-order chi connectivity index (χ0) is 11.8. The van der Waals surface area contributed by atoms with Crippen molar-refractivity contribution in [1.29, 1.82) is 0 Å². The molecule has 1 nitrogen and oxygen atoms in total. The molecule has 1 saturated carbocycles. The van der Waals surface area contributed by atoms with E-state index in [9.17, 15) is 8.78 Å². The summed E-state index contributed by atoms with van der Waals surface area (Å²) >= 11 is 5.87. The molecule has 0 amide bonds. The molecule has 0 saturated heterocycles. The number of halogens is 3. The molecule has 1 aromatic carbocycles. The lowest BCUT2D eigenvalue weighted by Crippen LogP contribution is -2.39. The van der Waals surface area contributed by atoms with E-state index in [4.69, 9.17) is 17.3 Å². The first kappa shape index (κ1) is 11.8. The maximum Gasteiger partial charge on any atom is 0.145 e. The average Bonchev–Trinajstić information content (AvgIpc) is 2.24. The van der Waals surface area contributed by atoms with Gasteiger partial charge < -0.3 is 5.73 Å². The van der Waals surface area contributed by atoms with Gasteiger partial charge in [-0.1, -0.05) is 30.9 Å². The summed E-state index contributed by atoms with van der Waals surface area (Å²) in [6.45, 7) is 0. The summed E-state index contributed by atoms with van der Waals surface area (Å²) < 4.78 is 26.5. The molecule has 4 heteroatoms. The Labute approximate surface area is 98.6 Å². The molecule has 2 rings (SSSR count). The zero-order valence-corrected chi connectivity index (χ0v) is 9.66. The van der Waals surface area contributed by atoms with E-state index < -0.39 is 17.2 Å². The number of rotatable bonds is 1. The van der Waals surface area contributed by atoms with Crippen LogP contribution in [-0.2, 0) is 5.54 Å². The number of hydrogen-bond acceptors (Lipinski definition) is 1. The van der Waals surface area contributed by atoms with Crippen LogP contribution in [0.2, 0.25) is 5.02 Å². The van der Waals surface area contributed by atoms with Gasteiger partial charge in [0.25, 0.3) is 0 Å². The van der Waals surface area contributed by atoms with Crippen LogP contribution < -0.4 is 5.73 Å². The minimum Gasteiger partial charge on any atom is -0.321 e. The topological polar surface area (TPSA) is 26.0 Å². The minimum atomic E-state index is -0.730. The highest BCUT2D eigenvalue weighted by Gasteiger charge is 2.32. The maximum atomic E-state index is 13.3. The molecule has 0 aliphatic heterocycles. The van der Waals surface area contributed by atoms with Gasteiger partial charge in [0.1, 0.15) is 11.6 Å². The Morgan fingerprint density at radius 3 is 2.38 bits per heavy atom. The van der Waals surface area contributed by atoms with Gasteiger partial charge in [0.05, 0.1) is 5.02 Å². The summed E-state index contributed by atoms with van der Waals surface area (Å²) in [7, 11) is 0. The molecular weight excluding hydrogens is 232 g/mol. The largest absolute Gasteiger partial charge is 0.321 e.